The van der Waals surface area contributed by atoms with E-state index in [9.17, 15) is 9.59 Å². The molecule has 0 unspecified atom stereocenters. The summed E-state index contributed by atoms with van der Waals surface area (Å²) in [7, 11) is 2.91. The number of aryl methyl sites for hydroxylation is 2. The summed E-state index contributed by atoms with van der Waals surface area (Å²) in [6, 6.07) is 4.45. The zero-order chi connectivity index (χ0) is 18.7. The quantitative estimate of drug-likeness (QED) is 0.593. The summed E-state index contributed by atoms with van der Waals surface area (Å²) in [6.45, 7) is 3.34. The smallest absolute Gasteiger partial charge is 0.345 e. The lowest BCUT2D eigenvalue weighted by atomic mass is 10.1. The summed E-state index contributed by atoms with van der Waals surface area (Å²) in [5.41, 5.74) is 1.17. The molecule has 1 aromatic heterocycles. The molecule has 2 aromatic rings. The van der Waals surface area contributed by atoms with E-state index < -0.39 is 11.9 Å². The van der Waals surface area contributed by atoms with Crippen molar-refractivity contribution in [3.8, 4) is 5.75 Å². The fraction of sp³-hybridized carbons (Fsp3) is 0.235. The number of esters is 2. The lowest BCUT2D eigenvalue weighted by Gasteiger charge is -2.10. The molecule has 25 heavy (non-hydrogen) atoms. The summed E-state index contributed by atoms with van der Waals surface area (Å²) in [5, 5.41) is 4.79. The van der Waals surface area contributed by atoms with E-state index >= 15 is 0 Å². The zero-order valence-corrected chi connectivity index (χ0v) is 15.6. The van der Waals surface area contributed by atoms with Gasteiger partial charge in [-0.05, 0) is 32.0 Å². The van der Waals surface area contributed by atoms with Crippen molar-refractivity contribution in [3.63, 3.8) is 0 Å². The Labute approximate surface area is 154 Å². The number of nitrogens with zero attached hydrogens (tertiary/aromatic N) is 2. The molecule has 6 nitrogen and oxygen atoms in total. The van der Waals surface area contributed by atoms with E-state index in [1.807, 2.05) is 0 Å². The van der Waals surface area contributed by atoms with Gasteiger partial charge in [-0.15, -0.1) is 0 Å². The third-order valence-electron chi connectivity index (χ3n) is 3.46. The molecule has 0 atom stereocenters. The Balaban J connectivity index is 2.46. The van der Waals surface area contributed by atoms with Crippen molar-refractivity contribution >= 4 is 40.7 Å². The second-order valence-corrected chi connectivity index (χ2v) is 5.94. The molecule has 0 amide bonds. The van der Waals surface area contributed by atoms with Crippen molar-refractivity contribution < 1.29 is 19.1 Å². The highest BCUT2D eigenvalue weighted by Crippen LogP contribution is 2.31. The second-order valence-electron chi connectivity index (χ2n) is 5.09. The molecule has 0 fully saturated rings. The van der Waals surface area contributed by atoms with Crippen LogP contribution in [0.2, 0.25) is 10.0 Å². The molecule has 0 aliphatic carbocycles. The number of carbonyl (C=O) groups excluding carboxylic acids is 2. The van der Waals surface area contributed by atoms with Crippen molar-refractivity contribution in [1.29, 1.82) is 0 Å². The highest BCUT2D eigenvalue weighted by atomic mass is 35.5. The monoisotopic (exact) mass is 382 g/mol. The van der Waals surface area contributed by atoms with E-state index in [4.69, 9.17) is 32.7 Å². The first-order valence-corrected chi connectivity index (χ1v) is 8.01. The molecule has 0 saturated heterocycles. The maximum Gasteiger partial charge on any atom is 0.345 e. The van der Waals surface area contributed by atoms with Gasteiger partial charge in [0.1, 0.15) is 11.4 Å². The van der Waals surface area contributed by atoms with Crippen LogP contribution in [0, 0.1) is 6.92 Å². The first kappa shape index (κ1) is 19.0. The van der Waals surface area contributed by atoms with Gasteiger partial charge >= 0.3 is 11.9 Å². The van der Waals surface area contributed by atoms with Crippen molar-refractivity contribution in [3.05, 3.63) is 51.3 Å². The molecule has 0 spiro atoms. The van der Waals surface area contributed by atoms with Crippen LogP contribution in [0.3, 0.4) is 0 Å². The molecule has 0 aliphatic heterocycles. The number of hydrogen-bond donors (Lipinski definition) is 0. The molecule has 132 valence electrons. The van der Waals surface area contributed by atoms with E-state index in [0.29, 0.717) is 16.4 Å². The van der Waals surface area contributed by atoms with Crippen LogP contribution in [0.25, 0.3) is 5.57 Å². The van der Waals surface area contributed by atoms with Crippen molar-refractivity contribution in [2.75, 3.05) is 7.11 Å². The average molecular weight is 383 g/mol. The van der Waals surface area contributed by atoms with Gasteiger partial charge in [0, 0.05) is 12.1 Å². The van der Waals surface area contributed by atoms with Gasteiger partial charge in [-0.25, -0.2) is 9.59 Å². The summed E-state index contributed by atoms with van der Waals surface area (Å²) < 4.78 is 11.7. The zero-order valence-electron chi connectivity index (χ0n) is 14.1. The number of halogens is 2. The molecule has 2 rings (SSSR count). The summed E-state index contributed by atoms with van der Waals surface area (Å²) in [6.07, 6.45) is 1.56. The van der Waals surface area contributed by atoms with Gasteiger partial charge in [-0.3, -0.25) is 4.68 Å². The first-order valence-electron chi connectivity index (χ1n) is 7.26. The van der Waals surface area contributed by atoms with Crippen LogP contribution in [0.15, 0.2) is 24.3 Å². The molecule has 0 aliphatic rings. The molecule has 0 radical (unpaired) electrons. The Morgan fingerprint density at radius 3 is 2.52 bits per heavy atom. The van der Waals surface area contributed by atoms with Crippen LogP contribution in [0.5, 0.6) is 5.75 Å². The number of methoxy groups -OCH3 is 1. The SMILES string of the molecule is CC=C(C(=O)OC)c1c(OC(=O)c2ccc(Cl)cc2Cl)c(C)nn1C. The highest BCUT2D eigenvalue weighted by molar-refractivity contribution is 6.36. The fourth-order valence-corrected chi connectivity index (χ4v) is 2.81. The average Bonchev–Trinajstić information content (AvgIpc) is 2.82. The van der Waals surface area contributed by atoms with Gasteiger partial charge in [-0.2, -0.15) is 5.10 Å². The van der Waals surface area contributed by atoms with Gasteiger partial charge in [0.05, 0.1) is 23.3 Å². The minimum absolute atomic E-state index is 0.153. The third-order valence-corrected chi connectivity index (χ3v) is 4.01. The van der Waals surface area contributed by atoms with Gasteiger partial charge in [0.25, 0.3) is 0 Å². The van der Waals surface area contributed by atoms with Crippen molar-refractivity contribution in [2.45, 2.75) is 13.8 Å². The van der Waals surface area contributed by atoms with Crippen LogP contribution in [-0.2, 0) is 16.6 Å². The Hall–Kier alpha value is -2.31. The van der Waals surface area contributed by atoms with Crippen LogP contribution in [0.4, 0.5) is 0 Å². The van der Waals surface area contributed by atoms with Gasteiger partial charge in [-0.1, -0.05) is 29.3 Å². The summed E-state index contributed by atoms with van der Waals surface area (Å²) in [5.74, 6) is -1.08. The molecule has 1 heterocycles. The molecular weight excluding hydrogens is 367 g/mol. The number of benzene rings is 1. The first-order chi connectivity index (χ1) is 11.8. The lowest BCUT2D eigenvalue weighted by molar-refractivity contribution is -0.133. The molecule has 8 heteroatoms. The van der Waals surface area contributed by atoms with E-state index in [1.54, 1.807) is 27.0 Å². The highest BCUT2D eigenvalue weighted by Gasteiger charge is 2.26. The minimum Gasteiger partial charge on any atom is -0.465 e. The molecular formula is C17H16Cl2N2O4. The topological polar surface area (TPSA) is 70.4 Å². The normalized spacial score (nSPS) is 11.4. The molecule has 0 N–H and O–H groups in total. The van der Waals surface area contributed by atoms with Crippen molar-refractivity contribution in [1.82, 2.24) is 9.78 Å². The van der Waals surface area contributed by atoms with Crippen LogP contribution < -0.4 is 4.74 Å². The number of carbonyl (C=O) groups is 2. The molecule has 0 saturated carbocycles. The molecule has 0 bridgehead atoms. The number of ether oxygens (including phenoxy) is 2. The Morgan fingerprint density at radius 2 is 1.96 bits per heavy atom. The Kier molecular flexibility index (Phi) is 5.87. The van der Waals surface area contributed by atoms with E-state index in [-0.39, 0.29) is 21.9 Å². The third kappa shape index (κ3) is 3.86. The maximum atomic E-state index is 12.5. The fourth-order valence-electron chi connectivity index (χ4n) is 2.32. The van der Waals surface area contributed by atoms with Gasteiger partial charge < -0.3 is 9.47 Å². The predicted molar refractivity (Wildman–Crippen MR) is 95.0 cm³/mol. The van der Waals surface area contributed by atoms with E-state index in [2.05, 4.69) is 5.10 Å². The van der Waals surface area contributed by atoms with Crippen LogP contribution in [0.1, 0.15) is 28.7 Å². The standard InChI is InChI=1S/C17H16Cl2N2O4/c1-5-11(16(22)24-4)14-15(9(2)20-21(14)3)25-17(23)12-7-6-10(18)8-13(12)19/h5-8H,1-4H3. The number of aromatic nitrogens is 2. The maximum absolute atomic E-state index is 12.5. The van der Waals surface area contributed by atoms with Gasteiger partial charge in [0.15, 0.2) is 5.75 Å². The van der Waals surface area contributed by atoms with E-state index in [0.717, 1.165) is 0 Å². The van der Waals surface area contributed by atoms with Gasteiger partial charge in [0.2, 0.25) is 0 Å². The second kappa shape index (κ2) is 7.72. The predicted octanol–water partition coefficient (Wildman–Crippen LogP) is 3.83. The summed E-state index contributed by atoms with van der Waals surface area (Å²) in [4.78, 5) is 24.5. The Bertz CT molecular complexity index is 872. The number of hydrogen-bond acceptors (Lipinski definition) is 5. The number of rotatable bonds is 4. The number of allylic oxidation sites excluding steroid dienone is 1. The Morgan fingerprint density at radius 1 is 1.28 bits per heavy atom. The van der Waals surface area contributed by atoms with E-state index in [1.165, 1.54) is 30.0 Å². The van der Waals surface area contributed by atoms with Crippen LogP contribution >= 0.6 is 23.2 Å². The minimum atomic E-state index is -0.681. The van der Waals surface area contributed by atoms with Crippen molar-refractivity contribution in [2.24, 2.45) is 7.05 Å². The molecule has 1 aromatic carbocycles. The lowest BCUT2D eigenvalue weighted by Crippen LogP contribution is -2.13. The summed E-state index contributed by atoms with van der Waals surface area (Å²) >= 11 is 11.9. The largest absolute Gasteiger partial charge is 0.465 e. The van der Waals surface area contributed by atoms with Crippen LogP contribution in [-0.4, -0.2) is 28.8 Å².